The molecule has 1 unspecified atom stereocenters. The summed E-state index contributed by atoms with van der Waals surface area (Å²) in [5, 5.41) is 2.74. The standard InChI is InChI=1S/C28H33N3O5S/c1-5-29-28(33)22(3)30(19-23-12-10-9-11-21(23)2)27(32)20-31(37(4,34)35)24-15-17-26(18-16-24)36-25-13-7-6-8-14-25/h6-18,22H,5,19-20H2,1-4H3,(H,29,33). The quantitative estimate of drug-likeness (QED) is 0.408. The third-order valence-electron chi connectivity index (χ3n) is 5.90. The lowest BCUT2D eigenvalue weighted by Crippen LogP contribution is -2.51. The highest BCUT2D eigenvalue weighted by Crippen LogP contribution is 2.26. The van der Waals surface area contributed by atoms with Crippen molar-refractivity contribution in [1.29, 1.82) is 0 Å². The average molecular weight is 524 g/mol. The van der Waals surface area contributed by atoms with Crippen LogP contribution in [0.15, 0.2) is 78.9 Å². The van der Waals surface area contributed by atoms with Crippen LogP contribution in [0.4, 0.5) is 5.69 Å². The van der Waals surface area contributed by atoms with Gasteiger partial charge in [-0.15, -0.1) is 0 Å². The summed E-state index contributed by atoms with van der Waals surface area (Å²) in [7, 11) is -3.81. The molecule has 8 nitrogen and oxygen atoms in total. The van der Waals surface area contributed by atoms with Crippen LogP contribution in [0.3, 0.4) is 0 Å². The van der Waals surface area contributed by atoms with Crippen molar-refractivity contribution in [2.24, 2.45) is 0 Å². The minimum Gasteiger partial charge on any atom is -0.457 e. The normalized spacial score (nSPS) is 11.9. The van der Waals surface area contributed by atoms with Crippen LogP contribution in [0.1, 0.15) is 25.0 Å². The van der Waals surface area contributed by atoms with Crippen LogP contribution < -0.4 is 14.4 Å². The number of anilines is 1. The highest BCUT2D eigenvalue weighted by molar-refractivity contribution is 7.92. The van der Waals surface area contributed by atoms with Gasteiger partial charge in [-0.1, -0.05) is 42.5 Å². The number of ether oxygens (including phenoxy) is 1. The number of benzene rings is 3. The number of amides is 2. The van der Waals surface area contributed by atoms with Gasteiger partial charge < -0.3 is 15.0 Å². The lowest BCUT2D eigenvalue weighted by molar-refractivity contribution is -0.139. The molecule has 3 aromatic rings. The van der Waals surface area contributed by atoms with Crippen LogP contribution in [0.25, 0.3) is 0 Å². The summed E-state index contributed by atoms with van der Waals surface area (Å²) in [5.41, 5.74) is 2.16. The summed E-state index contributed by atoms with van der Waals surface area (Å²) in [5.74, 6) is 0.382. The summed E-state index contributed by atoms with van der Waals surface area (Å²) >= 11 is 0. The lowest BCUT2D eigenvalue weighted by atomic mass is 10.1. The monoisotopic (exact) mass is 523 g/mol. The fourth-order valence-corrected chi connectivity index (χ4v) is 4.64. The zero-order chi connectivity index (χ0) is 27.0. The summed E-state index contributed by atoms with van der Waals surface area (Å²) < 4.78 is 32.3. The minimum atomic E-state index is -3.81. The Morgan fingerprint density at radius 3 is 2.11 bits per heavy atom. The molecule has 0 aliphatic heterocycles. The fraction of sp³-hybridized carbons (Fsp3) is 0.286. The molecule has 3 aromatic carbocycles. The Kier molecular flexibility index (Phi) is 9.30. The smallest absolute Gasteiger partial charge is 0.244 e. The van der Waals surface area contributed by atoms with Gasteiger partial charge in [-0.3, -0.25) is 13.9 Å². The van der Waals surface area contributed by atoms with E-state index in [0.717, 1.165) is 21.7 Å². The second-order valence-corrected chi connectivity index (χ2v) is 10.6. The summed E-state index contributed by atoms with van der Waals surface area (Å²) in [4.78, 5) is 27.6. The van der Waals surface area contributed by atoms with E-state index in [9.17, 15) is 18.0 Å². The van der Waals surface area contributed by atoms with Gasteiger partial charge in [0.25, 0.3) is 0 Å². The molecule has 1 N–H and O–H groups in total. The third-order valence-corrected chi connectivity index (χ3v) is 7.04. The van der Waals surface area contributed by atoms with Gasteiger partial charge >= 0.3 is 0 Å². The summed E-state index contributed by atoms with van der Waals surface area (Å²) in [6.45, 7) is 5.51. The molecule has 3 rings (SSSR count). The van der Waals surface area contributed by atoms with Gasteiger partial charge in [0.05, 0.1) is 11.9 Å². The molecule has 0 aromatic heterocycles. The molecule has 2 amide bonds. The van der Waals surface area contributed by atoms with Crippen LogP contribution in [-0.4, -0.2) is 50.5 Å². The maximum atomic E-state index is 13.6. The summed E-state index contributed by atoms with van der Waals surface area (Å²) in [6.07, 6.45) is 1.05. The molecule has 0 bridgehead atoms. The first-order chi connectivity index (χ1) is 17.6. The number of sulfonamides is 1. The van der Waals surface area contributed by atoms with Gasteiger partial charge in [-0.2, -0.15) is 0 Å². The molecule has 0 aliphatic rings. The largest absolute Gasteiger partial charge is 0.457 e. The van der Waals surface area contributed by atoms with Crippen LogP contribution in [0, 0.1) is 6.92 Å². The van der Waals surface area contributed by atoms with Gasteiger partial charge in [-0.05, 0) is 68.3 Å². The van der Waals surface area contributed by atoms with Gasteiger partial charge in [0.1, 0.15) is 24.1 Å². The molecule has 37 heavy (non-hydrogen) atoms. The minimum absolute atomic E-state index is 0.172. The fourth-order valence-electron chi connectivity index (χ4n) is 3.79. The van der Waals surface area contributed by atoms with Crippen molar-refractivity contribution in [2.45, 2.75) is 33.4 Å². The van der Waals surface area contributed by atoms with Crippen molar-refractivity contribution in [3.05, 3.63) is 90.0 Å². The Morgan fingerprint density at radius 1 is 0.919 bits per heavy atom. The van der Waals surface area contributed by atoms with Crippen molar-refractivity contribution in [3.63, 3.8) is 0 Å². The van der Waals surface area contributed by atoms with E-state index in [2.05, 4.69) is 5.32 Å². The highest BCUT2D eigenvalue weighted by atomic mass is 32.2. The number of para-hydroxylation sites is 1. The number of nitrogens with zero attached hydrogens (tertiary/aromatic N) is 2. The number of nitrogens with one attached hydrogen (secondary N) is 1. The number of hydrogen-bond acceptors (Lipinski definition) is 5. The molecule has 0 spiro atoms. The Morgan fingerprint density at radius 2 is 1.51 bits per heavy atom. The Labute approximate surface area is 218 Å². The first kappa shape index (κ1) is 27.7. The summed E-state index contributed by atoms with van der Waals surface area (Å²) in [6, 6.07) is 22.5. The van der Waals surface area contributed by atoms with E-state index in [0.29, 0.717) is 23.7 Å². The maximum absolute atomic E-state index is 13.6. The van der Waals surface area contributed by atoms with E-state index < -0.39 is 28.5 Å². The molecular weight excluding hydrogens is 490 g/mol. The van der Waals surface area contributed by atoms with E-state index in [1.54, 1.807) is 38.1 Å². The molecule has 196 valence electrons. The van der Waals surface area contributed by atoms with Crippen LogP contribution in [0.5, 0.6) is 11.5 Å². The Balaban J connectivity index is 1.86. The van der Waals surface area contributed by atoms with Crippen molar-refractivity contribution >= 4 is 27.5 Å². The molecule has 0 saturated carbocycles. The molecular formula is C28H33N3O5S. The predicted octanol–water partition coefficient (Wildman–Crippen LogP) is 4.11. The van der Waals surface area contributed by atoms with E-state index in [1.165, 1.54) is 4.90 Å². The molecule has 0 aliphatic carbocycles. The maximum Gasteiger partial charge on any atom is 0.244 e. The molecule has 0 radical (unpaired) electrons. The zero-order valence-corrected chi connectivity index (χ0v) is 22.4. The van der Waals surface area contributed by atoms with E-state index in [1.807, 2.05) is 61.5 Å². The molecule has 9 heteroatoms. The molecule has 0 heterocycles. The van der Waals surface area contributed by atoms with Crippen molar-refractivity contribution in [3.8, 4) is 11.5 Å². The number of carbonyl (C=O) groups is 2. The number of hydrogen-bond donors (Lipinski definition) is 1. The van der Waals surface area contributed by atoms with Crippen LogP contribution >= 0.6 is 0 Å². The van der Waals surface area contributed by atoms with Crippen LogP contribution in [0.2, 0.25) is 0 Å². The Hall–Kier alpha value is -3.85. The average Bonchev–Trinajstić information content (AvgIpc) is 2.87. The number of aryl methyl sites for hydroxylation is 1. The van der Waals surface area contributed by atoms with E-state index >= 15 is 0 Å². The molecule has 1 atom stereocenters. The van der Waals surface area contributed by atoms with Gasteiger partial charge in [-0.25, -0.2) is 8.42 Å². The SMILES string of the molecule is CCNC(=O)C(C)N(Cc1ccccc1C)C(=O)CN(c1ccc(Oc2ccccc2)cc1)S(C)(=O)=O. The highest BCUT2D eigenvalue weighted by Gasteiger charge is 2.30. The number of rotatable bonds is 11. The van der Waals surface area contributed by atoms with Gasteiger partial charge in [0.2, 0.25) is 21.8 Å². The second-order valence-electron chi connectivity index (χ2n) is 8.70. The molecule has 0 fully saturated rings. The lowest BCUT2D eigenvalue weighted by Gasteiger charge is -2.31. The Bertz CT molecular complexity index is 1310. The van der Waals surface area contributed by atoms with Crippen molar-refractivity contribution in [2.75, 3.05) is 23.7 Å². The van der Waals surface area contributed by atoms with E-state index in [-0.39, 0.29) is 12.5 Å². The van der Waals surface area contributed by atoms with Gasteiger partial charge in [0.15, 0.2) is 0 Å². The first-order valence-electron chi connectivity index (χ1n) is 12.0. The number of likely N-dealkylation sites (N-methyl/N-ethyl adjacent to an activating group) is 1. The second kappa shape index (κ2) is 12.4. The zero-order valence-electron chi connectivity index (χ0n) is 21.5. The third kappa shape index (κ3) is 7.57. The topological polar surface area (TPSA) is 96.0 Å². The number of carbonyl (C=O) groups excluding carboxylic acids is 2. The van der Waals surface area contributed by atoms with Crippen molar-refractivity contribution in [1.82, 2.24) is 10.2 Å². The predicted molar refractivity (Wildman–Crippen MR) is 145 cm³/mol. The van der Waals surface area contributed by atoms with Crippen molar-refractivity contribution < 1.29 is 22.7 Å². The molecule has 0 saturated heterocycles. The van der Waals surface area contributed by atoms with Crippen LogP contribution in [-0.2, 0) is 26.2 Å². The van der Waals surface area contributed by atoms with Gasteiger partial charge in [0, 0.05) is 13.1 Å². The van der Waals surface area contributed by atoms with E-state index in [4.69, 9.17) is 4.74 Å². The first-order valence-corrected chi connectivity index (χ1v) is 13.9.